The maximum absolute atomic E-state index is 12.0. The van der Waals surface area contributed by atoms with Crippen molar-refractivity contribution in [1.82, 2.24) is 19.9 Å². The standard InChI is InChI=1S/C20H24N4O2S/c1-12(2)21-17(25)11-27-18-10-13(3)22-20-19(14(4)23-24(18)20)15-8-6-7-9-16(15)26-5/h6-10,12H,11H2,1-5H3,(H,21,25). The molecule has 0 radical (unpaired) electrons. The molecule has 1 aromatic carbocycles. The summed E-state index contributed by atoms with van der Waals surface area (Å²) in [6, 6.07) is 9.94. The molecule has 0 atom stereocenters. The van der Waals surface area contributed by atoms with Gasteiger partial charge in [-0.15, -0.1) is 0 Å². The molecular formula is C20H24N4O2S. The van der Waals surface area contributed by atoms with Gasteiger partial charge in [-0.1, -0.05) is 30.0 Å². The van der Waals surface area contributed by atoms with Crippen LogP contribution in [0.4, 0.5) is 0 Å². The lowest BCUT2D eigenvalue weighted by Crippen LogP contribution is -2.31. The van der Waals surface area contributed by atoms with Crippen molar-refractivity contribution in [2.45, 2.75) is 38.8 Å². The van der Waals surface area contributed by atoms with E-state index in [1.54, 1.807) is 7.11 Å². The molecule has 3 aromatic rings. The minimum absolute atomic E-state index is 0.00597. The van der Waals surface area contributed by atoms with E-state index in [0.717, 1.165) is 38.9 Å². The Hall–Kier alpha value is -2.54. The van der Waals surface area contributed by atoms with Gasteiger partial charge in [-0.3, -0.25) is 4.79 Å². The van der Waals surface area contributed by atoms with E-state index in [9.17, 15) is 4.79 Å². The number of ether oxygens (including phenoxy) is 1. The SMILES string of the molecule is COc1ccccc1-c1c(C)nn2c(SCC(=O)NC(C)C)cc(C)nc12. The zero-order valence-electron chi connectivity index (χ0n) is 16.2. The highest BCUT2D eigenvalue weighted by Crippen LogP contribution is 2.35. The predicted octanol–water partition coefficient (Wildman–Crippen LogP) is 3.64. The normalized spacial score (nSPS) is 11.2. The molecule has 0 spiro atoms. The van der Waals surface area contributed by atoms with Crippen molar-refractivity contribution in [3.63, 3.8) is 0 Å². The molecule has 2 aromatic heterocycles. The Kier molecular flexibility index (Phi) is 5.70. The first-order chi connectivity index (χ1) is 12.9. The van der Waals surface area contributed by atoms with Crippen molar-refractivity contribution < 1.29 is 9.53 Å². The van der Waals surface area contributed by atoms with E-state index >= 15 is 0 Å². The zero-order chi connectivity index (χ0) is 19.6. The maximum Gasteiger partial charge on any atom is 0.230 e. The first-order valence-corrected chi connectivity index (χ1v) is 9.81. The van der Waals surface area contributed by atoms with Crippen molar-refractivity contribution in [3.8, 4) is 16.9 Å². The van der Waals surface area contributed by atoms with Crippen LogP contribution >= 0.6 is 11.8 Å². The molecular weight excluding hydrogens is 360 g/mol. The molecule has 1 N–H and O–H groups in total. The molecule has 3 rings (SSSR count). The number of para-hydroxylation sites is 1. The Morgan fingerprint density at radius 1 is 1.30 bits per heavy atom. The van der Waals surface area contributed by atoms with Crippen molar-refractivity contribution in [2.24, 2.45) is 0 Å². The van der Waals surface area contributed by atoms with Gasteiger partial charge in [0.25, 0.3) is 0 Å². The van der Waals surface area contributed by atoms with Crippen LogP contribution in [0.25, 0.3) is 16.8 Å². The summed E-state index contributed by atoms with van der Waals surface area (Å²) in [7, 11) is 1.66. The van der Waals surface area contributed by atoms with Gasteiger partial charge in [0.15, 0.2) is 5.65 Å². The van der Waals surface area contributed by atoms with Crippen molar-refractivity contribution in [1.29, 1.82) is 0 Å². The summed E-state index contributed by atoms with van der Waals surface area (Å²) in [5.74, 6) is 1.12. The molecule has 7 heteroatoms. The maximum atomic E-state index is 12.0. The summed E-state index contributed by atoms with van der Waals surface area (Å²) in [5.41, 5.74) is 4.42. The van der Waals surface area contributed by atoms with Gasteiger partial charge < -0.3 is 10.1 Å². The van der Waals surface area contributed by atoms with Gasteiger partial charge in [-0.2, -0.15) is 5.10 Å². The number of hydrogen-bond acceptors (Lipinski definition) is 5. The molecule has 0 saturated carbocycles. The number of carbonyl (C=O) groups is 1. The number of rotatable bonds is 6. The van der Waals surface area contributed by atoms with E-state index in [0.29, 0.717) is 5.75 Å². The van der Waals surface area contributed by atoms with Gasteiger partial charge in [0.2, 0.25) is 5.91 Å². The minimum Gasteiger partial charge on any atom is -0.496 e. The molecule has 0 aliphatic carbocycles. The molecule has 0 aliphatic rings. The molecule has 0 aliphatic heterocycles. The fourth-order valence-electron chi connectivity index (χ4n) is 2.98. The lowest BCUT2D eigenvalue weighted by molar-refractivity contribution is -0.119. The molecule has 27 heavy (non-hydrogen) atoms. The van der Waals surface area contributed by atoms with Gasteiger partial charge in [-0.05, 0) is 39.8 Å². The Morgan fingerprint density at radius 3 is 2.74 bits per heavy atom. The monoisotopic (exact) mass is 384 g/mol. The number of benzene rings is 1. The molecule has 0 saturated heterocycles. The molecule has 1 amide bonds. The van der Waals surface area contributed by atoms with E-state index in [2.05, 4.69) is 5.32 Å². The highest BCUT2D eigenvalue weighted by atomic mass is 32.2. The average molecular weight is 385 g/mol. The number of fused-ring (bicyclic) bond motifs is 1. The van der Waals surface area contributed by atoms with Crippen LogP contribution in [0.2, 0.25) is 0 Å². The van der Waals surface area contributed by atoms with Gasteiger partial charge >= 0.3 is 0 Å². The predicted molar refractivity (Wildman–Crippen MR) is 108 cm³/mol. The van der Waals surface area contributed by atoms with Crippen LogP contribution in [0.5, 0.6) is 5.75 Å². The lowest BCUT2D eigenvalue weighted by Gasteiger charge is -2.10. The summed E-state index contributed by atoms with van der Waals surface area (Å²) in [6.45, 7) is 7.82. The number of amides is 1. The van der Waals surface area contributed by atoms with Crippen LogP contribution < -0.4 is 10.1 Å². The third kappa shape index (κ3) is 4.08. The van der Waals surface area contributed by atoms with Crippen molar-refractivity contribution in [2.75, 3.05) is 12.9 Å². The van der Waals surface area contributed by atoms with Crippen LogP contribution in [0, 0.1) is 13.8 Å². The Balaban J connectivity index is 2.05. The van der Waals surface area contributed by atoms with E-state index in [1.807, 2.05) is 62.5 Å². The van der Waals surface area contributed by atoms with Gasteiger partial charge in [0.05, 0.1) is 24.1 Å². The summed E-state index contributed by atoms with van der Waals surface area (Å²) in [6.07, 6.45) is 0. The second-order valence-corrected chi connectivity index (χ2v) is 7.64. The summed E-state index contributed by atoms with van der Waals surface area (Å²) >= 11 is 1.46. The largest absolute Gasteiger partial charge is 0.496 e. The number of nitrogens with one attached hydrogen (secondary N) is 1. The van der Waals surface area contributed by atoms with E-state index in [4.69, 9.17) is 14.8 Å². The third-order valence-corrected chi connectivity index (χ3v) is 5.03. The number of aryl methyl sites for hydroxylation is 2. The number of hydrogen-bond donors (Lipinski definition) is 1. The fourth-order valence-corrected chi connectivity index (χ4v) is 3.85. The number of carbonyl (C=O) groups excluding carboxylic acids is 1. The highest BCUT2D eigenvalue weighted by molar-refractivity contribution is 7.99. The second kappa shape index (κ2) is 8.00. The van der Waals surface area contributed by atoms with E-state index in [1.165, 1.54) is 11.8 Å². The molecule has 142 valence electrons. The number of thioether (sulfide) groups is 1. The van der Waals surface area contributed by atoms with E-state index < -0.39 is 0 Å². The third-order valence-electron chi connectivity index (χ3n) is 4.04. The Bertz CT molecular complexity index is 982. The number of aromatic nitrogens is 3. The minimum atomic E-state index is 0.00597. The average Bonchev–Trinajstić information content (AvgIpc) is 2.94. The van der Waals surface area contributed by atoms with Gasteiger partial charge in [-0.25, -0.2) is 9.50 Å². The summed E-state index contributed by atoms with van der Waals surface area (Å²) in [5, 5.41) is 8.49. The van der Waals surface area contributed by atoms with Crippen molar-refractivity contribution in [3.05, 3.63) is 41.7 Å². The second-order valence-electron chi connectivity index (χ2n) is 6.64. The highest BCUT2D eigenvalue weighted by Gasteiger charge is 2.19. The molecule has 0 unspecified atom stereocenters. The van der Waals surface area contributed by atoms with Crippen LogP contribution in [0.1, 0.15) is 25.2 Å². The zero-order valence-corrected chi connectivity index (χ0v) is 17.1. The first-order valence-electron chi connectivity index (χ1n) is 8.83. The van der Waals surface area contributed by atoms with Gasteiger partial charge in [0.1, 0.15) is 10.8 Å². The van der Waals surface area contributed by atoms with Crippen LogP contribution in [-0.2, 0) is 4.79 Å². The molecule has 2 heterocycles. The Morgan fingerprint density at radius 2 is 2.04 bits per heavy atom. The quantitative estimate of drug-likeness (QED) is 0.519. The number of methoxy groups -OCH3 is 1. The topological polar surface area (TPSA) is 68.5 Å². The van der Waals surface area contributed by atoms with Gasteiger partial charge in [0, 0.05) is 17.3 Å². The van der Waals surface area contributed by atoms with Crippen molar-refractivity contribution >= 4 is 23.3 Å². The molecule has 0 fully saturated rings. The summed E-state index contributed by atoms with van der Waals surface area (Å²) in [4.78, 5) is 16.7. The number of nitrogens with zero attached hydrogens (tertiary/aromatic N) is 3. The van der Waals surface area contributed by atoms with Crippen LogP contribution in [0.15, 0.2) is 35.4 Å². The summed E-state index contributed by atoms with van der Waals surface area (Å²) < 4.78 is 7.34. The molecule has 6 nitrogen and oxygen atoms in total. The first kappa shape index (κ1) is 19.2. The molecule has 0 bridgehead atoms. The fraction of sp³-hybridized carbons (Fsp3) is 0.350. The Labute approximate surface area is 163 Å². The lowest BCUT2D eigenvalue weighted by atomic mass is 10.1. The smallest absolute Gasteiger partial charge is 0.230 e. The van der Waals surface area contributed by atoms with Crippen LogP contribution in [0.3, 0.4) is 0 Å². The van der Waals surface area contributed by atoms with Crippen LogP contribution in [-0.4, -0.2) is 39.4 Å². The van der Waals surface area contributed by atoms with E-state index in [-0.39, 0.29) is 11.9 Å².